The van der Waals surface area contributed by atoms with E-state index < -0.39 is 28.0 Å². The van der Waals surface area contributed by atoms with Crippen LogP contribution in [0.4, 0.5) is 0 Å². The van der Waals surface area contributed by atoms with Crippen molar-refractivity contribution in [2.75, 3.05) is 6.54 Å². The Morgan fingerprint density at radius 1 is 1.50 bits per heavy atom. The lowest BCUT2D eigenvalue weighted by Gasteiger charge is -2.06. The Morgan fingerprint density at radius 3 is 2.55 bits per heavy atom. The van der Waals surface area contributed by atoms with Crippen LogP contribution in [0.2, 0.25) is 0 Å². The molecule has 9 nitrogen and oxygen atoms in total. The smallest absolute Gasteiger partial charge is 0.332 e. The quantitative estimate of drug-likeness (QED) is 0.468. The summed E-state index contributed by atoms with van der Waals surface area (Å²) in [5, 5.41) is 17.5. The average Bonchev–Trinajstić information content (AvgIpc) is 2.71. The highest BCUT2D eigenvalue weighted by molar-refractivity contribution is 7.89. The first-order valence-electron chi connectivity index (χ1n) is 5.52. The van der Waals surface area contributed by atoms with Gasteiger partial charge in [0.05, 0.1) is 0 Å². The van der Waals surface area contributed by atoms with Crippen molar-refractivity contribution in [2.45, 2.75) is 17.4 Å². The number of nitrogens with one attached hydrogen (secondary N) is 1. The van der Waals surface area contributed by atoms with E-state index in [0.717, 1.165) is 6.07 Å². The molecule has 1 aromatic heterocycles. The van der Waals surface area contributed by atoms with Crippen molar-refractivity contribution >= 4 is 21.9 Å². The lowest BCUT2D eigenvalue weighted by atomic mass is 10.3. The normalized spacial score (nSPS) is 13.1. The SMILES string of the molecule is Cn1cc(S(=O)(=O)NCCC(O)C(=O)O)cc1C(N)=O. The number of aromatic nitrogens is 1. The van der Waals surface area contributed by atoms with Crippen LogP contribution < -0.4 is 10.5 Å². The monoisotopic (exact) mass is 305 g/mol. The summed E-state index contributed by atoms with van der Waals surface area (Å²) in [7, 11) is -2.43. The van der Waals surface area contributed by atoms with Crippen LogP contribution in [-0.2, 0) is 21.9 Å². The minimum Gasteiger partial charge on any atom is -0.479 e. The van der Waals surface area contributed by atoms with Crippen molar-refractivity contribution in [3.05, 3.63) is 18.0 Å². The number of primary amides is 1. The fraction of sp³-hybridized carbons (Fsp3) is 0.400. The van der Waals surface area contributed by atoms with Crippen LogP contribution in [0.15, 0.2) is 17.2 Å². The van der Waals surface area contributed by atoms with Crippen molar-refractivity contribution < 1.29 is 28.2 Å². The Hall–Kier alpha value is -1.91. The number of hydrogen-bond acceptors (Lipinski definition) is 5. The molecule has 20 heavy (non-hydrogen) atoms. The Balaban J connectivity index is 2.77. The van der Waals surface area contributed by atoms with Crippen molar-refractivity contribution in [3.8, 4) is 0 Å². The van der Waals surface area contributed by atoms with Crippen LogP contribution in [0.1, 0.15) is 16.9 Å². The number of aliphatic carboxylic acids is 1. The average molecular weight is 305 g/mol. The maximum Gasteiger partial charge on any atom is 0.332 e. The molecule has 0 aliphatic rings. The van der Waals surface area contributed by atoms with Crippen LogP contribution >= 0.6 is 0 Å². The molecule has 0 saturated heterocycles. The summed E-state index contributed by atoms with van der Waals surface area (Å²) in [5.41, 5.74) is 5.10. The van der Waals surface area contributed by atoms with Crippen LogP contribution in [0.3, 0.4) is 0 Å². The lowest BCUT2D eigenvalue weighted by Crippen LogP contribution is -2.30. The number of aliphatic hydroxyl groups excluding tert-OH is 1. The van der Waals surface area contributed by atoms with Gasteiger partial charge in [0.25, 0.3) is 5.91 Å². The van der Waals surface area contributed by atoms with Gasteiger partial charge in [0, 0.05) is 19.8 Å². The van der Waals surface area contributed by atoms with Crippen molar-refractivity contribution in [1.82, 2.24) is 9.29 Å². The number of aryl methyl sites for hydroxylation is 1. The molecule has 0 saturated carbocycles. The van der Waals surface area contributed by atoms with Crippen molar-refractivity contribution in [1.29, 1.82) is 0 Å². The third-order valence-electron chi connectivity index (χ3n) is 2.54. The summed E-state index contributed by atoms with van der Waals surface area (Å²) in [6.07, 6.45) is -0.713. The number of carbonyl (C=O) groups is 2. The van der Waals surface area contributed by atoms with E-state index in [1.165, 1.54) is 17.8 Å². The molecule has 5 N–H and O–H groups in total. The lowest BCUT2D eigenvalue weighted by molar-refractivity contribution is -0.146. The van der Waals surface area contributed by atoms with Gasteiger partial charge >= 0.3 is 5.97 Å². The van der Waals surface area contributed by atoms with Gasteiger partial charge in [-0.3, -0.25) is 4.79 Å². The van der Waals surface area contributed by atoms with Gasteiger partial charge in [-0.2, -0.15) is 0 Å². The first-order chi connectivity index (χ1) is 9.15. The van der Waals surface area contributed by atoms with E-state index in [-0.39, 0.29) is 23.6 Å². The van der Waals surface area contributed by atoms with Crippen molar-refractivity contribution in [3.63, 3.8) is 0 Å². The molecule has 10 heteroatoms. The van der Waals surface area contributed by atoms with Gasteiger partial charge in [0.15, 0.2) is 6.10 Å². The summed E-state index contributed by atoms with van der Waals surface area (Å²) in [6.45, 7) is -0.253. The number of rotatable bonds is 7. The fourth-order valence-corrected chi connectivity index (χ4v) is 2.58. The molecule has 0 aliphatic carbocycles. The number of nitrogens with two attached hydrogens (primary N) is 1. The molecule has 1 atom stereocenters. The maximum atomic E-state index is 11.9. The summed E-state index contributed by atoms with van der Waals surface area (Å²) in [6, 6.07) is 1.11. The first kappa shape index (κ1) is 16.1. The molecule has 1 heterocycles. The minimum atomic E-state index is -3.90. The minimum absolute atomic E-state index is 0.0240. The van der Waals surface area contributed by atoms with Gasteiger partial charge in [-0.15, -0.1) is 0 Å². The van der Waals surface area contributed by atoms with E-state index in [1.807, 2.05) is 0 Å². The predicted octanol–water partition coefficient (Wildman–Crippen LogP) is -1.76. The molecule has 0 aliphatic heterocycles. The standard InChI is InChI=1S/C10H15N3O6S/c1-13-5-6(4-7(13)9(11)15)20(18,19)12-3-2-8(14)10(16)17/h4-5,8,12,14H,2-3H2,1H3,(H2,11,15)(H,16,17). The van der Waals surface area contributed by atoms with E-state index >= 15 is 0 Å². The van der Waals surface area contributed by atoms with Gasteiger partial charge in [-0.1, -0.05) is 0 Å². The second-order valence-corrected chi connectivity index (χ2v) is 5.84. The zero-order chi connectivity index (χ0) is 15.5. The summed E-state index contributed by atoms with van der Waals surface area (Å²) < 4.78 is 27.1. The molecular formula is C10H15N3O6S. The van der Waals surface area contributed by atoms with Crippen LogP contribution in [0.5, 0.6) is 0 Å². The van der Waals surface area contributed by atoms with Gasteiger partial charge in [0.2, 0.25) is 10.0 Å². The molecule has 0 fully saturated rings. The number of amides is 1. The first-order valence-corrected chi connectivity index (χ1v) is 7.00. The Kier molecular flexibility index (Phi) is 4.87. The zero-order valence-corrected chi connectivity index (χ0v) is 11.4. The summed E-state index contributed by atoms with van der Waals surface area (Å²) in [5.74, 6) is -2.20. The van der Waals surface area contributed by atoms with Crippen LogP contribution in [0, 0.1) is 0 Å². The fourth-order valence-electron chi connectivity index (χ4n) is 1.46. The van der Waals surface area contributed by atoms with E-state index in [0.29, 0.717) is 0 Å². The molecule has 112 valence electrons. The maximum absolute atomic E-state index is 11.9. The zero-order valence-electron chi connectivity index (χ0n) is 10.6. The second kappa shape index (κ2) is 6.03. The Morgan fingerprint density at radius 2 is 2.10 bits per heavy atom. The topological polar surface area (TPSA) is 152 Å². The van der Waals surface area contributed by atoms with E-state index in [1.54, 1.807) is 0 Å². The van der Waals surface area contributed by atoms with Gasteiger partial charge < -0.3 is 20.5 Å². The molecule has 1 amide bonds. The highest BCUT2D eigenvalue weighted by Crippen LogP contribution is 2.13. The third kappa shape index (κ3) is 3.79. The number of hydrogen-bond donors (Lipinski definition) is 4. The second-order valence-electron chi connectivity index (χ2n) is 4.08. The molecular weight excluding hydrogens is 290 g/mol. The number of carboxylic acids is 1. The predicted molar refractivity (Wildman–Crippen MR) is 67.4 cm³/mol. The molecule has 0 radical (unpaired) electrons. The summed E-state index contributed by atoms with van der Waals surface area (Å²) in [4.78, 5) is 21.2. The number of sulfonamides is 1. The number of carboxylic acid groups (broad SMARTS) is 1. The van der Waals surface area contributed by atoms with Crippen LogP contribution in [-0.4, -0.2) is 47.7 Å². The third-order valence-corrected chi connectivity index (χ3v) is 3.97. The molecule has 0 spiro atoms. The molecule has 1 aromatic rings. The summed E-state index contributed by atoms with van der Waals surface area (Å²) >= 11 is 0. The molecule has 1 rings (SSSR count). The van der Waals surface area contributed by atoms with Gasteiger partial charge in [-0.25, -0.2) is 17.9 Å². The van der Waals surface area contributed by atoms with E-state index in [9.17, 15) is 18.0 Å². The van der Waals surface area contributed by atoms with E-state index in [2.05, 4.69) is 4.72 Å². The van der Waals surface area contributed by atoms with Gasteiger partial charge in [0.1, 0.15) is 10.6 Å². The molecule has 0 aromatic carbocycles. The highest BCUT2D eigenvalue weighted by atomic mass is 32.2. The number of carbonyl (C=O) groups excluding carboxylic acids is 1. The van der Waals surface area contributed by atoms with Crippen LogP contribution in [0.25, 0.3) is 0 Å². The largest absolute Gasteiger partial charge is 0.479 e. The molecule has 1 unspecified atom stereocenters. The van der Waals surface area contributed by atoms with E-state index in [4.69, 9.17) is 15.9 Å². The highest BCUT2D eigenvalue weighted by Gasteiger charge is 2.20. The van der Waals surface area contributed by atoms with Gasteiger partial charge in [-0.05, 0) is 12.5 Å². The Bertz CT molecular complexity index is 621. The van der Waals surface area contributed by atoms with Crippen molar-refractivity contribution in [2.24, 2.45) is 12.8 Å². The number of aliphatic hydroxyl groups is 1. The molecule has 0 bridgehead atoms. The Labute approximate surface area is 115 Å². The number of nitrogens with zero attached hydrogens (tertiary/aromatic N) is 1.